The summed E-state index contributed by atoms with van der Waals surface area (Å²) in [5.41, 5.74) is 2.77. The van der Waals surface area contributed by atoms with Gasteiger partial charge in [-0.05, 0) is 41.3 Å². The summed E-state index contributed by atoms with van der Waals surface area (Å²) in [4.78, 5) is 16.9. The molecule has 0 spiro atoms. The minimum atomic E-state index is -0.121. The standard InChI is InChI=1S/C23H25N3O3/c1-16(2)22(19-7-8-20-21(13-19)29-12-11-28-20)25-23(27)18-5-3-17(4-6-18)14-26-10-9-24-15-26/h3-10,13,15-16,22H,11-12,14H2,1-2H3,(H,25,27)/t22-/m0/s1. The van der Waals surface area contributed by atoms with E-state index in [-0.39, 0.29) is 17.9 Å². The second-order valence-electron chi connectivity index (χ2n) is 7.53. The molecule has 6 nitrogen and oxygen atoms in total. The fraction of sp³-hybridized carbons (Fsp3) is 0.304. The number of carbonyl (C=O) groups excluding carboxylic acids is 1. The van der Waals surface area contributed by atoms with Crippen LogP contribution in [0.1, 0.15) is 41.4 Å². The molecule has 0 saturated carbocycles. The molecule has 4 rings (SSSR count). The number of fused-ring (bicyclic) bond motifs is 1. The van der Waals surface area contributed by atoms with Crippen molar-refractivity contribution in [2.24, 2.45) is 5.92 Å². The molecule has 0 radical (unpaired) electrons. The quantitative estimate of drug-likeness (QED) is 0.694. The van der Waals surface area contributed by atoms with E-state index in [0.717, 1.165) is 29.2 Å². The van der Waals surface area contributed by atoms with Crippen molar-refractivity contribution < 1.29 is 14.3 Å². The highest BCUT2D eigenvalue weighted by atomic mass is 16.6. The molecule has 1 aromatic heterocycles. The Hall–Kier alpha value is -3.28. The molecular weight excluding hydrogens is 366 g/mol. The monoisotopic (exact) mass is 391 g/mol. The molecule has 6 heteroatoms. The number of hydrogen-bond donors (Lipinski definition) is 1. The maximum atomic E-state index is 12.9. The van der Waals surface area contributed by atoms with Crippen molar-refractivity contribution in [1.82, 2.24) is 14.9 Å². The van der Waals surface area contributed by atoms with E-state index in [1.165, 1.54) is 0 Å². The molecule has 0 fully saturated rings. The predicted octanol–water partition coefficient (Wildman–Crippen LogP) is 3.83. The fourth-order valence-corrected chi connectivity index (χ4v) is 3.47. The fourth-order valence-electron chi connectivity index (χ4n) is 3.47. The van der Waals surface area contributed by atoms with E-state index >= 15 is 0 Å². The van der Waals surface area contributed by atoms with E-state index in [2.05, 4.69) is 24.1 Å². The Kier molecular flexibility index (Phi) is 5.51. The molecule has 0 aliphatic carbocycles. The summed E-state index contributed by atoms with van der Waals surface area (Å²) >= 11 is 0. The van der Waals surface area contributed by atoms with Gasteiger partial charge < -0.3 is 19.4 Å². The first-order valence-corrected chi connectivity index (χ1v) is 9.85. The van der Waals surface area contributed by atoms with Crippen LogP contribution in [-0.4, -0.2) is 28.7 Å². The molecule has 1 aliphatic rings. The Bertz CT molecular complexity index is 966. The number of nitrogens with one attached hydrogen (secondary N) is 1. The molecular formula is C23H25N3O3. The summed E-state index contributed by atoms with van der Waals surface area (Å²) in [6.07, 6.45) is 5.45. The normalized spacial score (nSPS) is 13.9. The van der Waals surface area contributed by atoms with E-state index in [0.29, 0.717) is 18.8 Å². The number of ether oxygens (including phenoxy) is 2. The van der Waals surface area contributed by atoms with Crippen molar-refractivity contribution in [3.05, 3.63) is 77.9 Å². The van der Waals surface area contributed by atoms with Crippen LogP contribution >= 0.6 is 0 Å². The third kappa shape index (κ3) is 4.42. The van der Waals surface area contributed by atoms with Crippen LogP contribution in [0.2, 0.25) is 0 Å². The Morgan fingerprint density at radius 2 is 1.86 bits per heavy atom. The molecule has 29 heavy (non-hydrogen) atoms. The van der Waals surface area contributed by atoms with Crippen LogP contribution in [0.5, 0.6) is 11.5 Å². The van der Waals surface area contributed by atoms with E-state index in [4.69, 9.17) is 9.47 Å². The number of rotatable bonds is 6. The smallest absolute Gasteiger partial charge is 0.251 e. The van der Waals surface area contributed by atoms with Crippen molar-refractivity contribution in [3.63, 3.8) is 0 Å². The van der Waals surface area contributed by atoms with Crippen molar-refractivity contribution in [2.45, 2.75) is 26.4 Å². The van der Waals surface area contributed by atoms with E-state index < -0.39 is 0 Å². The summed E-state index contributed by atoms with van der Waals surface area (Å²) in [6.45, 7) is 6.02. The Morgan fingerprint density at radius 1 is 1.10 bits per heavy atom. The summed E-state index contributed by atoms with van der Waals surface area (Å²) in [5.74, 6) is 1.62. The first-order valence-electron chi connectivity index (χ1n) is 9.85. The van der Waals surface area contributed by atoms with Crippen LogP contribution in [0.4, 0.5) is 0 Å². The van der Waals surface area contributed by atoms with Gasteiger partial charge in [0.15, 0.2) is 11.5 Å². The van der Waals surface area contributed by atoms with E-state index in [9.17, 15) is 4.79 Å². The molecule has 2 heterocycles. The van der Waals surface area contributed by atoms with Crippen LogP contribution < -0.4 is 14.8 Å². The van der Waals surface area contributed by atoms with Crippen molar-refractivity contribution in [1.29, 1.82) is 0 Å². The number of imidazole rings is 1. The largest absolute Gasteiger partial charge is 0.486 e. The van der Waals surface area contributed by atoms with Gasteiger partial charge in [0.1, 0.15) is 13.2 Å². The van der Waals surface area contributed by atoms with Gasteiger partial charge >= 0.3 is 0 Å². The minimum Gasteiger partial charge on any atom is -0.486 e. The SMILES string of the molecule is CC(C)[C@H](NC(=O)c1ccc(Cn2ccnc2)cc1)c1ccc2c(c1)OCCO2. The van der Waals surface area contributed by atoms with Crippen molar-refractivity contribution >= 4 is 5.91 Å². The van der Waals surface area contributed by atoms with Gasteiger partial charge in [-0.25, -0.2) is 4.98 Å². The zero-order valence-electron chi connectivity index (χ0n) is 16.7. The lowest BCUT2D eigenvalue weighted by Gasteiger charge is -2.25. The van der Waals surface area contributed by atoms with Crippen molar-refractivity contribution in [3.8, 4) is 11.5 Å². The van der Waals surface area contributed by atoms with Gasteiger partial charge in [0, 0.05) is 24.5 Å². The first-order chi connectivity index (χ1) is 14.1. The Balaban J connectivity index is 1.47. The van der Waals surface area contributed by atoms with Crippen LogP contribution in [0.25, 0.3) is 0 Å². The molecule has 150 valence electrons. The van der Waals surface area contributed by atoms with Gasteiger partial charge in [0.2, 0.25) is 0 Å². The molecule has 2 aromatic carbocycles. The second-order valence-corrected chi connectivity index (χ2v) is 7.53. The first kappa shape index (κ1) is 19.1. The predicted molar refractivity (Wildman–Crippen MR) is 110 cm³/mol. The van der Waals surface area contributed by atoms with Gasteiger partial charge in [-0.3, -0.25) is 4.79 Å². The van der Waals surface area contributed by atoms with Gasteiger partial charge in [-0.15, -0.1) is 0 Å². The molecule has 1 aliphatic heterocycles. The van der Waals surface area contributed by atoms with E-state index in [1.807, 2.05) is 53.2 Å². The lowest BCUT2D eigenvalue weighted by Crippen LogP contribution is -2.32. The Labute approximate surface area is 170 Å². The number of carbonyl (C=O) groups is 1. The maximum Gasteiger partial charge on any atom is 0.251 e. The van der Waals surface area contributed by atoms with Gasteiger partial charge in [-0.1, -0.05) is 32.0 Å². The highest BCUT2D eigenvalue weighted by molar-refractivity contribution is 5.94. The average molecular weight is 391 g/mol. The second kappa shape index (κ2) is 8.39. The van der Waals surface area contributed by atoms with Crippen LogP contribution in [0.3, 0.4) is 0 Å². The summed E-state index contributed by atoms with van der Waals surface area (Å²) in [7, 11) is 0. The molecule has 0 unspecified atom stereocenters. The van der Waals surface area contributed by atoms with Crippen LogP contribution in [0, 0.1) is 5.92 Å². The number of amides is 1. The third-order valence-corrected chi connectivity index (χ3v) is 5.02. The van der Waals surface area contributed by atoms with Gasteiger partial charge in [0.25, 0.3) is 5.91 Å². The average Bonchev–Trinajstić information content (AvgIpc) is 3.25. The lowest BCUT2D eigenvalue weighted by molar-refractivity contribution is 0.0925. The molecule has 1 amide bonds. The van der Waals surface area contributed by atoms with Crippen molar-refractivity contribution in [2.75, 3.05) is 13.2 Å². The number of nitrogens with zero attached hydrogens (tertiary/aromatic N) is 2. The zero-order chi connectivity index (χ0) is 20.2. The number of aromatic nitrogens is 2. The summed E-state index contributed by atoms with van der Waals surface area (Å²) in [5, 5.41) is 3.17. The highest BCUT2D eigenvalue weighted by Gasteiger charge is 2.22. The number of hydrogen-bond acceptors (Lipinski definition) is 4. The van der Waals surface area contributed by atoms with E-state index in [1.54, 1.807) is 12.5 Å². The third-order valence-electron chi connectivity index (χ3n) is 5.02. The van der Waals surface area contributed by atoms with Crippen LogP contribution in [0.15, 0.2) is 61.2 Å². The lowest BCUT2D eigenvalue weighted by atomic mass is 9.95. The molecule has 0 bridgehead atoms. The number of benzene rings is 2. The summed E-state index contributed by atoms with van der Waals surface area (Å²) < 4.78 is 13.3. The maximum absolute atomic E-state index is 12.9. The molecule has 3 aromatic rings. The van der Waals surface area contributed by atoms with Gasteiger partial charge in [0.05, 0.1) is 12.4 Å². The minimum absolute atomic E-state index is 0.0900. The Morgan fingerprint density at radius 3 is 2.55 bits per heavy atom. The highest BCUT2D eigenvalue weighted by Crippen LogP contribution is 2.34. The van der Waals surface area contributed by atoms with Gasteiger partial charge in [-0.2, -0.15) is 0 Å². The summed E-state index contributed by atoms with van der Waals surface area (Å²) in [6, 6.07) is 13.4. The topological polar surface area (TPSA) is 65.4 Å². The van der Waals surface area contributed by atoms with Crippen LogP contribution in [-0.2, 0) is 6.54 Å². The molecule has 1 atom stereocenters. The zero-order valence-corrected chi connectivity index (χ0v) is 16.7. The molecule has 0 saturated heterocycles. The molecule has 1 N–H and O–H groups in total.